The monoisotopic (exact) mass is 308 g/mol. The second-order valence-corrected chi connectivity index (χ2v) is 3.74. The lowest BCUT2D eigenvalue weighted by molar-refractivity contribution is -0.131. The molecule has 0 saturated carbocycles. The van der Waals surface area contributed by atoms with Crippen LogP contribution in [-0.4, -0.2) is 11.1 Å². The molecule has 0 aliphatic rings. The van der Waals surface area contributed by atoms with Crippen molar-refractivity contribution >= 4 is 5.97 Å². The molecule has 2 nitrogen and oxygen atoms in total. The van der Waals surface area contributed by atoms with E-state index in [0.29, 0.717) is 0 Å². The number of aliphatic carboxylic acids is 1. The molecule has 2 heteroatoms. The lowest BCUT2D eigenvalue weighted by atomic mass is 10.2. The number of allylic oxidation sites excluding steroid dienone is 1. The van der Waals surface area contributed by atoms with Crippen LogP contribution in [0.2, 0.25) is 0 Å². The fourth-order valence-corrected chi connectivity index (χ4v) is 0.943. The highest BCUT2D eigenvalue weighted by atomic mass is 16.4. The molecule has 0 rings (SSSR count). The van der Waals surface area contributed by atoms with Crippen LogP contribution in [0.25, 0.3) is 0 Å². The summed E-state index contributed by atoms with van der Waals surface area (Å²) in [6.07, 6.45) is 5.96. The Hall–Kier alpha value is -4.09. The van der Waals surface area contributed by atoms with E-state index in [9.17, 15) is 4.79 Å². The van der Waals surface area contributed by atoms with Crippen LogP contribution in [0.3, 0.4) is 0 Å². The van der Waals surface area contributed by atoms with Crippen molar-refractivity contribution in [3.63, 3.8) is 0 Å². The van der Waals surface area contributed by atoms with Crippen LogP contribution < -0.4 is 0 Å². The van der Waals surface area contributed by atoms with Crippen LogP contribution in [0.1, 0.15) is 26.2 Å². The topological polar surface area (TPSA) is 37.3 Å². The molecule has 0 bridgehead atoms. The second-order valence-electron chi connectivity index (χ2n) is 3.74. The van der Waals surface area contributed by atoms with E-state index in [1.807, 2.05) is 6.08 Å². The molecule has 0 spiro atoms. The van der Waals surface area contributed by atoms with Crippen molar-refractivity contribution in [1.82, 2.24) is 0 Å². The third kappa shape index (κ3) is 17.9. The maximum atomic E-state index is 10.1. The van der Waals surface area contributed by atoms with Crippen LogP contribution >= 0.6 is 0 Å². The molecule has 0 aliphatic carbocycles. The van der Waals surface area contributed by atoms with Crippen molar-refractivity contribution in [2.45, 2.75) is 26.2 Å². The first-order valence-electron chi connectivity index (χ1n) is 6.91. The Labute approximate surface area is 140 Å². The summed E-state index contributed by atoms with van der Waals surface area (Å²) in [6.45, 7) is 2.13. The molecule has 0 aliphatic heterocycles. The van der Waals surface area contributed by atoms with Gasteiger partial charge in [0, 0.05) is 0 Å². The van der Waals surface area contributed by atoms with Gasteiger partial charge in [-0.15, -0.1) is 0 Å². The first-order valence-corrected chi connectivity index (χ1v) is 6.91. The zero-order valence-corrected chi connectivity index (χ0v) is 13.1. The van der Waals surface area contributed by atoms with Gasteiger partial charge in [-0.2, -0.15) is 0 Å². The smallest absolute Gasteiger partial charge is 0.336 e. The zero-order valence-electron chi connectivity index (χ0n) is 13.1. The molecule has 112 valence electrons. The van der Waals surface area contributed by atoms with Gasteiger partial charge in [-0.25, -0.2) is 4.79 Å². The van der Waals surface area contributed by atoms with Gasteiger partial charge in [-0.1, -0.05) is 24.8 Å². The Morgan fingerprint density at radius 2 is 1.17 bits per heavy atom. The van der Waals surface area contributed by atoms with Gasteiger partial charge in [0.2, 0.25) is 0 Å². The molecule has 0 aromatic heterocycles. The fourth-order valence-electron chi connectivity index (χ4n) is 0.943. The molecule has 0 atom stereocenters. The van der Waals surface area contributed by atoms with Crippen LogP contribution in [0.15, 0.2) is 98.1 Å². The van der Waals surface area contributed by atoms with Crippen molar-refractivity contribution in [3.05, 3.63) is 98.1 Å². The van der Waals surface area contributed by atoms with Crippen molar-refractivity contribution in [2.75, 3.05) is 0 Å². The Balaban J connectivity index is 5.35. The SMILES string of the molecule is CCCCC=C=C=C=C=C=C=C=C=C=C=C=C=C=C=C=CC(=O)O. The summed E-state index contributed by atoms with van der Waals surface area (Å²) < 4.78 is 0. The summed E-state index contributed by atoms with van der Waals surface area (Å²) in [5.74, 6) is -1.12. The number of hydrogen-bond acceptors (Lipinski definition) is 1. The molecular weight excluding hydrogens is 296 g/mol. The first-order chi connectivity index (χ1) is 11.8. The number of unbranched alkanes of at least 4 members (excludes halogenated alkanes) is 2. The van der Waals surface area contributed by atoms with E-state index in [4.69, 9.17) is 5.11 Å². The minimum Gasteiger partial charge on any atom is -0.478 e. The maximum Gasteiger partial charge on any atom is 0.336 e. The molecule has 0 radical (unpaired) electrons. The fraction of sp³-hybridized carbons (Fsp3) is 0.182. The van der Waals surface area contributed by atoms with Crippen LogP contribution in [0.4, 0.5) is 0 Å². The quantitative estimate of drug-likeness (QED) is 0.481. The average molecular weight is 308 g/mol. The Morgan fingerprint density at radius 3 is 1.58 bits per heavy atom. The van der Waals surface area contributed by atoms with Crippen molar-refractivity contribution < 1.29 is 9.90 Å². The molecular formula is C22H12O2. The summed E-state index contributed by atoms with van der Waals surface area (Å²) in [5.41, 5.74) is 37.3. The van der Waals surface area contributed by atoms with Gasteiger partial charge in [-0.05, 0) is 93.4 Å². The summed E-state index contributed by atoms with van der Waals surface area (Å²) in [7, 11) is 0. The number of carboxylic acid groups (broad SMARTS) is 1. The van der Waals surface area contributed by atoms with Gasteiger partial charge in [0.1, 0.15) is 0 Å². The third-order valence-electron chi connectivity index (χ3n) is 1.89. The molecule has 1 N–H and O–H groups in total. The molecule has 0 fully saturated rings. The molecule has 0 amide bonds. The van der Waals surface area contributed by atoms with Crippen molar-refractivity contribution in [1.29, 1.82) is 0 Å². The largest absolute Gasteiger partial charge is 0.478 e. The summed E-state index contributed by atoms with van der Waals surface area (Å²) in [4.78, 5) is 10.1. The van der Waals surface area contributed by atoms with Crippen LogP contribution in [0.5, 0.6) is 0 Å². The predicted octanol–water partition coefficient (Wildman–Crippen LogP) is 4.14. The van der Waals surface area contributed by atoms with E-state index in [1.54, 1.807) is 0 Å². The summed E-state index contributed by atoms with van der Waals surface area (Å²) >= 11 is 0. The van der Waals surface area contributed by atoms with E-state index in [0.717, 1.165) is 25.3 Å². The van der Waals surface area contributed by atoms with Gasteiger partial charge in [0.25, 0.3) is 0 Å². The number of carboxylic acids is 1. The predicted molar refractivity (Wildman–Crippen MR) is 89.0 cm³/mol. The average Bonchev–Trinajstić information content (AvgIpc) is 2.56. The van der Waals surface area contributed by atoms with Gasteiger partial charge in [0.15, 0.2) is 0 Å². The van der Waals surface area contributed by atoms with Gasteiger partial charge >= 0.3 is 5.97 Å². The zero-order chi connectivity index (χ0) is 17.7. The molecule has 0 heterocycles. The molecule has 24 heavy (non-hydrogen) atoms. The number of rotatable bonds is 4. The number of hydrogen-bond donors (Lipinski definition) is 1. The molecule has 0 aromatic carbocycles. The minimum atomic E-state index is -1.12. The van der Waals surface area contributed by atoms with Crippen molar-refractivity contribution in [2.24, 2.45) is 0 Å². The maximum absolute atomic E-state index is 10.1. The summed E-state index contributed by atoms with van der Waals surface area (Å²) in [5, 5.41) is 8.27. The Morgan fingerprint density at radius 1 is 0.750 bits per heavy atom. The van der Waals surface area contributed by atoms with Crippen LogP contribution in [0, 0.1) is 0 Å². The second kappa shape index (κ2) is 17.0. The van der Waals surface area contributed by atoms with Gasteiger partial charge in [-0.3, -0.25) is 0 Å². The highest BCUT2D eigenvalue weighted by Gasteiger charge is 1.77. The van der Waals surface area contributed by atoms with E-state index in [-0.39, 0.29) is 0 Å². The van der Waals surface area contributed by atoms with E-state index >= 15 is 0 Å². The lowest BCUT2D eigenvalue weighted by Crippen LogP contribution is -1.82. The highest BCUT2D eigenvalue weighted by molar-refractivity contribution is 5.79. The highest BCUT2D eigenvalue weighted by Crippen LogP contribution is 1.92. The van der Waals surface area contributed by atoms with E-state index < -0.39 is 5.97 Å². The summed E-state index contributed by atoms with van der Waals surface area (Å²) in [6, 6.07) is 0. The number of carbonyl (C=O) groups is 1. The lowest BCUT2D eigenvalue weighted by Gasteiger charge is -1.81. The molecule has 0 unspecified atom stereocenters. The first kappa shape index (κ1) is 19.9. The van der Waals surface area contributed by atoms with Crippen molar-refractivity contribution in [3.8, 4) is 0 Å². The normalized spacial score (nSPS) is 5.71. The van der Waals surface area contributed by atoms with Crippen LogP contribution in [-0.2, 0) is 4.79 Å². The Kier molecular flexibility index (Phi) is 14.1. The third-order valence-corrected chi connectivity index (χ3v) is 1.89. The van der Waals surface area contributed by atoms with E-state index in [2.05, 4.69) is 92.9 Å². The van der Waals surface area contributed by atoms with Gasteiger partial charge < -0.3 is 5.11 Å². The van der Waals surface area contributed by atoms with E-state index in [1.165, 1.54) is 0 Å². The molecule has 0 saturated heterocycles. The molecule has 0 aromatic rings. The Bertz CT molecular complexity index is 1030. The minimum absolute atomic E-state index is 0.795. The van der Waals surface area contributed by atoms with Gasteiger partial charge in [0.05, 0.1) is 6.08 Å². The standard InChI is InChI=1S/C22H12O2/c1-2-3-4-5-6-7-8-9-10-11-12-13-14-15-16-17-18-19-20-21-22(23)24/h5,21H,2-4H2,1H3,(H,23,24).